The van der Waals surface area contributed by atoms with E-state index in [2.05, 4.69) is 48.4 Å². The van der Waals surface area contributed by atoms with E-state index in [1.807, 2.05) is 53.9 Å². The molecule has 0 spiro atoms. The van der Waals surface area contributed by atoms with Crippen LogP contribution in [-0.2, 0) is 4.79 Å². The van der Waals surface area contributed by atoms with Gasteiger partial charge in [0.05, 0.1) is 12.3 Å². The lowest BCUT2D eigenvalue weighted by Crippen LogP contribution is -2.20. The van der Waals surface area contributed by atoms with Crippen molar-refractivity contribution in [3.63, 3.8) is 0 Å². The molecule has 0 aliphatic carbocycles. The second-order valence-electron chi connectivity index (χ2n) is 7.64. The molecule has 0 radical (unpaired) electrons. The van der Waals surface area contributed by atoms with Crippen LogP contribution in [0.3, 0.4) is 0 Å². The van der Waals surface area contributed by atoms with Crippen molar-refractivity contribution in [3.8, 4) is 33.9 Å². The molecule has 0 saturated heterocycles. The van der Waals surface area contributed by atoms with Gasteiger partial charge in [0.2, 0.25) is 0 Å². The summed E-state index contributed by atoms with van der Waals surface area (Å²) in [7, 11) is 0. The van der Waals surface area contributed by atoms with Gasteiger partial charge in [-0.1, -0.05) is 48.9 Å². The Morgan fingerprint density at radius 3 is 2.06 bits per heavy atom. The number of anilines is 1. The molecule has 0 saturated carbocycles. The molecule has 5 nitrogen and oxygen atoms in total. The summed E-state index contributed by atoms with van der Waals surface area (Å²) >= 11 is 1.38. The van der Waals surface area contributed by atoms with Crippen LogP contribution < -0.4 is 14.8 Å². The van der Waals surface area contributed by atoms with Crippen molar-refractivity contribution >= 4 is 22.4 Å². The molecule has 0 fully saturated rings. The van der Waals surface area contributed by atoms with E-state index in [0.29, 0.717) is 17.5 Å². The van der Waals surface area contributed by atoms with Gasteiger partial charge in [-0.25, -0.2) is 4.98 Å². The predicted octanol–water partition coefficient (Wildman–Crippen LogP) is 6.59. The first-order valence-corrected chi connectivity index (χ1v) is 11.8. The molecule has 0 aliphatic rings. The first-order chi connectivity index (χ1) is 16.1. The number of nitrogens with zero attached hydrogens (tertiary/aromatic N) is 1. The molecule has 0 aliphatic heterocycles. The lowest BCUT2D eigenvalue weighted by Gasteiger charge is -2.07. The van der Waals surface area contributed by atoms with Gasteiger partial charge in [-0.3, -0.25) is 10.1 Å². The fourth-order valence-corrected chi connectivity index (χ4v) is 3.94. The van der Waals surface area contributed by atoms with Crippen molar-refractivity contribution in [1.82, 2.24) is 4.98 Å². The molecule has 33 heavy (non-hydrogen) atoms. The number of benzene rings is 3. The zero-order valence-electron chi connectivity index (χ0n) is 18.7. The minimum atomic E-state index is -0.248. The fraction of sp³-hybridized carbons (Fsp3) is 0.185. The van der Waals surface area contributed by atoms with Crippen LogP contribution in [0, 0.1) is 6.92 Å². The van der Waals surface area contributed by atoms with E-state index in [4.69, 9.17) is 9.47 Å². The van der Waals surface area contributed by atoms with Crippen molar-refractivity contribution in [2.24, 2.45) is 0 Å². The minimum Gasteiger partial charge on any atom is -0.494 e. The number of carbonyl (C=O) groups is 1. The zero-order valence-corrected chi connectivity index (χ0v) is 19.5. The summed E-state index contributed by atoms with van der Waals surface area (Å²) in [6.45, 7) is 4.76. The monoisotopic (exact) mass is 458 g/mol. The van der Waals surface area contributed by atoms with Crippen molar-refractivity contribution in [2.75, 3.05) is 18.5 Å². The maximum absolute atomic E-state index is 12.3. The molecule has 1 N–H and O–H groups in total. The third-order valence-corrected chi connectivity index (χ3v) is 5.74. The predicted molar refractivity (Wildman–Crippen MR) is 134 cm³/mol. The Labute approximate surface area is 198 Å². The molecule has 0 atom stereocenters. The smallest absolute Gasteiger partial charge is 0.264 e. The van der Waals surface area contributed by atoms with E-state index in [9.17, 15) is 4.79 Å². The van der Waals surface area contributed by atoms with Crippen molar-refractivity contribution in [1.29, 1.82) is 0 Å². The SMILES string of the molecule is CCCOc1ccc(-c2csc(NC(=O)COc3ccc(-c4ccc(C)cc4)cc3)n2)cc1. The molecular formula is C27H26N2O3S. The van der Waals surface area contributed by atoms with Gasteiger partial charge in [0.15, 0.2) is 11.7 Å². The number of ether oxygens (including phenoxy) is 2. The van der Waals surface area contributed by atoms with E-state index < -0.39 is 0 Å². The fourth-order valence-electron chi connectivity index (χ4n) is 3.20. The molecule has 4 aromatic rings. The van der Waals surface area contributed by atoms with Gasteiger partial charge in [-0.05, 0) is 60.9 Å². The Kier molecular flexibility index (Phi) is 7.37. The maximum Gasteiger partial charge on any atom is 0.264 e. The van der Waals surface area contributed by atoms with Crippen LogP contribution in [0.5, 0.6) is 11.5 Å². The van der Waals surface area contributed by atoms with Gasteiger partial charge < -0.3 is 9.47 Å². The van der Waals surface area contributed by atoms with Gasteiger partial charge in [0.25, 0.3) is 5.91 Å². The Morgan fingerprint density at radius 1 is 0.848 bits per heavy atom. The summed E-state index contributed by atoms with van der Waals surface area (Å²) in [5.41, 5.74) is 5.26. The topological polar surface area (TPSA) is 60.5 Å². The van der Waals surface area contributed by atoms with Crippen LogP contribution in [-0.4, -0.2) is 24.1 Å². The Hall–Kier alpha value is -3.64. The summed E-state index contributed by atoms with van der Waals surface area (Å²) in [6, 6.07) is 23.9. The molecule has 4 rings (SSSR count). The number of aryl methyl sites for hydroxylation is 1. The lowest BCUT2D eigenvalue weighted by atomic mass is 10.0. The van der Waals surface area contributed by atoms with Crippen LogP contribution in [0.15, 0.2) is 78.2 Å². The Bertz CT molecular complexity index is 1180. The second-order valence-corrected chi connectivity index (χ2v) is 8.50. The van der Waals surface area contributed by atoms with E-state index >= 15 is 0 Å². The minimum absolute atomic E-state index is 0.0811. The molecule has 0 bridgehead atoms. The lowest BCUT2D eigenvalue weighted by molar-refractivity contribution is -0.118. The summed E-state index contributed by atoms with van der Waals surface area (Å²) in [5, 5.41) is 5.26. The average Bonchev–Trinajstić information content (AvgIpc) is 3.31. The number of carbonyl (C=O) groups excluding carboxylic acids is 1. The number of thiazole rings is 1. The molecular weight excluding hydrogens is 432 g/mol. The Morgan fingerprint density at radius 2 is 1.42 bits per heavy atom. The van der Waals surface area contributed by atoms with Crippen LogP contribution in [0.1, 0.15) is 18.9 Å². The summed E-state index contributed by atoms with van der Waals surface area (Å²) < 4.78 is 11.2. The van der Waals surface area contributed by atoms with Crippen LogP contribution in [0.4, 0.5) is 5.13 Å². The second kappa shape index (κ2) is 10.8. The number of amides is 1. The standard InChI is InChI=1S/C27H26N2O3S/c1-3-16-31-23-14-10-22(11-15-23)25-18-33-27(28-25)29-26(30)17-32-24-12-8-21(9-13-24)20-6-4-19(2)5-7-20/h4-15,18H,3,16-17H2,1-2H3,(H,28,29,30). The largest absolute Gasteiger partial charge is 0.494 e. The molecule has 168 valence electrons. The molecule has 6 heteroatoms. The van der Waals surface area contributed by atoms with E-state index in [-0.39, 0.29) is 12.5 Å². The number of aromatic nitrogens is 1. The van der Waals surface area contributed by atoms with Gasteiger partial charge in [0.1, 0.15) is 11.5 Å². The summed E-state index contributed by atoms with van der Waals surface area (Å²) in [6.07, 6.45) is 0.972. The van der Waals surface area contributed by atoms with E-state index in [1.165, 1.54) is 16.9 Å². The highest BCUT2D eigenvalue weighted by Crippen LogP contribution is 2.27. The van der Waals surface area contributed by atoms with Crippen molar-refractivity contribution in [3.05, 3.63) is 83.7 Å². The molecule has 1 heterocycles. The van der Waals surface area contributed by atoms with Gasteiger partial charge in [0, 0.05) is 10.9 Å². The normalized spacial score (nSPS) is 10.6. The number of rotatable bonds is 9. The average molecular weight is 459 g/mol. The summed E-state index contributed by atoms with van der Waals surface area (Å²) in [5.74, 6) is 1.24. The number of hydrogen-bond acceptors (Lipinski definition) is 5. The van der Waals surface area contributed by atoms with Gasteiger partial charge >= 0.3 is 0 Å². The Balaban J connectivity index is 1.29. The van der Waals surface area contributed by atoms with Gasteiger partial charge in [-0.2, -0.15) is 0 Å². The van der Waals surface area contributed by atoms with Crippen LogP contribution in [0.2, 0.25) is 0 Å². The van der Waals surface area contributed by atoms with Crippen LogP contribution >= 0.6 is 11.3 Å². The highest BCUT2D eigenvalue weighted by atomic mass is 32.1. The van der Waals surface area contributed by atoms with E-state index in [1.54, 1.807) is 0 Å². The third kappa shape index (κ3) is 6.20. The zero-order chi connectivity index (χ0) is 23.0. The summed E-state index contributed by atoms with van der Waals surface area (Å²) in [4.78, 5) is 16.8. The molecule has 1 aromatic heterocycles. The molecule has 1 amide bonds. The molecule has 0 unspecified atom stereocenters. The van der Waals surface area contributed by atoms with Gasteiger partial charge in [-0.15, -0.1) is 11.3 Å². The third-order valence-electron chi connectivity index (χ3n) is 4.98. The number of nitrogens with one attached hydrogen (secondary N) is 1. The van der Waals surface area contributed by atoms with Crippen LogP contribution in [0.25, 0.3) is 22.4 Å². The first kappa shape index (κ1) is 22.6. The van der Waals surface area contributed by atoms with Crippen molar-refractivity contribution in [2.45, 2.75) is 20.3 Å². The quantitative estimate of drug-likeness (QED) is 0.307. The van der Waals surface area contributed by atoms with E-state index in [0.717, 1.165) is 34.6 Å². The number of hydrogen-bond donors (Lipinski definition) is 1. The van der Waals surface area contributed by atoms with Crippen molar-refractivity contribution < 1.29 is 14.3 Å². The highest BCUT2D eigenvalue weighted by molar-refractivity contribution is 7.14. The first-order valence-electron chi connectivity index (χ1n) is 10.9. The molecule has 3 aromatic carbocycles. The maximum atomic E-state index is 12.3. The highest BCUT2D eigenvalue weighted by Gasteiger charge is 2.09.